The molecular formula is C19H25N3O2. The number of benzene rings is 2. The number of nitrogens with zero attached hydrogens (tertiary/aromatic N) is 1. The van der Waals surface area contributed by atoms with E-state index < -0.39 is 0 Å². The number of hydrogen-bond donors (Lipinski definition) is 2. The van der Waals surface area contributed by atoms with Crippen LogP contribution in [0.25, 0.3) is 0 Å². The molecule has 0 aliphatic rings. The molecule has 0 fully saturated rings. The first-order chi connectivity index (χ1) is 11.7. The van der Waals surface area contributed by atoms with Crippen LogP contribution in [0, 0.1) is 5.92 Å². The SMILES string of the molecule is COc1ccc(NC(N)=NCC(C)COCc2ccccc2)cc1. The third kappa shape index (κ3) is 6.30. The maximum absolute atomic E-state index is 5.91. The third-order valence-electron chi connectivity index (χ3n) is 3.45. The number of rotatable bonds is 8. The van der Waals surface area contributed by atoms with Gasteiger partial charge in [0.2, 0.25) is 0 Å². The fourth-order valence-electron chi connectivity index (χ4n) is 2.12. The summed E-state index contributed by atoms with van der Waals surface area (Å²) >= 11 is 0. The zero-order valence-corrected chi connectivity index (χ0v) is 14.2. The smallest absolute Gasteiger partial charge is 0.193 e. The van der Waals surface area contributed by atoms with Gasteiger partial charge in [-0.3, -0.25) is 4.99 Å². The van der Waals surface area contributed by atoms with Crippen LogP contribution >= 0.6 is 0 Å². The van der Waals surface area contributed by atoms with Gasteiger partial charge in [-0.15, -0.1) is 0 Å². The standard InChI is InChI=1S/C19H25N3O2/c1-15(13-24-14-16-6-4-3-5-7-16)12-21-19(20)22-17-8-10-18(23-2)11-9-17/h3-11,15H,12-14H2,1-2H3,(H3,20,21,22). The van der Waals surface area contributed by atoms with Crippen LogP contribution in [-0.4, -0.2) is 26.2 Å². The molecule has 3 N–H and O–H groups in total. The second-order valence-electron chi connectivity index (χ2n) is 5.69. The van der Waals surface area contributed by atoms with E-state index in [9.17, 15) is 0 Å². The molecule has 5 heteroatoms. The van der Waals surface area contributed by atoms with Gasteiger partial charge in [0.25, 0.3) is 0 Å². The molecule has 0 spiro atoms. The highest BCUT2D eigenvalue weighted by molar-refractivity contribution is 5.92. The van der Waals surface area contributed by atoms with Gasteiger partial charge >= 0.3 is 0 Å². The Labute approximate surface area is 143 Å². The van der Waals surface area contributed by atoms with Gasteiger partial charge in [-0.1, -0.05) is 37.3 Å². The van der Waals surface area contributed by atoms with E-state index in [1.54, 1.807) is 7.11 Å². The van der Waals surface area contributed by atoms with E-state index >= 15 is 0 Å². The van der Waals surface area contributed by atoms with Crippen molar-refractivity contribution < 1.29 is 9.47 Å². The summed E-state index contributed by atoms with van der Waals surface area (Å²) in [5.41, 5.74) is 7.97. The number of aliphatic imine (C=N–C) groups is 1. The van der Waals surface area contributed by atoms with Crippen molar-refractivity contribution in [3.05, 3.63) is 60.2 Å². The quantitative estimate of drug-likeness (QED) is 0.577. The summed E-state index contributed by atoms with van der Waals surface area (Å²) in [4.78, 5) is 4.36. The van der Waals surface area contributed by atoms with Gasteiger partial charge < -0.3 is 20.5 Å². The molecule has 2 aromatic rings. The van der Waals surface area contributed by atoms with Gasteiger partial charge in [0.05, 0.1) is 20.3 Å². The lowest BCUT2D eigenvalue weighted by Gasteiger charge is -2.11. The molecule has 0 aliphatic carbocycles. The van der Waals surface area contributed by atoms with E-state index in [1.165, 1.54) is 5.56 Å². The Kier molecular flexibility index (Phi) is 7.11. The number of hydrogen-bond acceptors (Lipinski definition) is 3. The van der Waals surface area contributed by atoms with Crippen LogP contribution in [0.4, 0.5) is 5.69 Å². The normalized spacial score (nSPS) is 12.7. The number of ether oxygens (including phenoxy) is 2. The zero-order valence-electron chi connectivity index (χ0n) is 14.2. The van der Waals surface area contributed by atoms with E-state index in [-0.39, 0.29) is 0 Å². The summed E-state index contributed by atoms with van der Waals surface area (Å²) in [6, 6.07) is 17.7. The van der Waals surface area contributed by atoms with E-state index in [2.05, 4.69) is 29.4 Å². The molecule has 1 unspecified atom stereocenters. The van der Waals surface area contributed by atoms with Crippen LogP contribution in [0.1, 0.15) is 12.5 Å². The molecule has 0 radical (unpaired) electrons. The van der Waals surface area contributed by atoms with Gasteiger partial charge in [-0.25, -0.2) is 0 Å². The summed E-state index contributed by atoms with van der Waals surface area (Å²) in [5, 5.41) is 3.06. The predicted molar refractivity (Wildman–Crippen MR) is 98.4 cm³/mol. The van der Waals surface area contributed by atoms with Crippen molar-refractivity contribution in [2.24, 2.45) is 16.6 Å². The summed E-state index contributed by atoms with van der Waals surface area (Å²) in [7, 11) is 1.64. The highest BCUT2D eigenvalue weighted by Crippen LogP contribution is 2.14. The minimum absolute atomic E-state index is 0.296. The molecule has 5 nitrogen and oxygen atoms in total. The second-order valence-corrected chi connectivity index (χ2v) is 5.69. The zero-order chi connectivity index (χ0) is 17.2. The van der Waals surface area contributed by atoms with Crippen LogP contribution in [0.3, 0.4) is 0 Å². The maximum atomic E-state index is 5.91. The van der Waals surface area contributed by atoms with Crippen LogP contribution in [0.15, 0.2) is 59.6 Å². The summed E-state index contributed by atoms with van der Waals surface area (Å²) in [6.45, 7) is 3.97. The Morgan fingerprint density at radius 1 is 1.12 bits per heavy atom. The Bertz CT molecular complexity index is 627. The van der Waals surface area contributed by atoms with Gasteiger partial charge in [0, 0.05) is 12.2 Å². The highest BCUT2D eigenvalue weighted by Gasteiger charge is 2.03. The van der Waals surface area contributed by atoms with E-state index in [0.29, 0.717) is 31.6 Å². The number of nitrogens with one attached hydrogen (secondary N) is 1. The summed E-state index contributed by atoms with van der Waals surface area (Å²) in [6.07, 6.45) is 0. The molecule has 0 aromatic heterocycles. The Morgan fingerprint density at radius 3 is 2.50 bits per heavy atom. The first-order valence-corrected chi connectivity index (χ1v) is 8.00. The van der Waals surface area contributed by atoms with E-state index in [0.717, 1.165) is 11.4 Å². The molecule has 24 heavy (non-hydrogen) atoms. The molecule has 2 aromatic carbocycles. The number of methoxy groups -OCH3 is 1. The molecule has 2 rings (SSSR count). The molecule has 0 heterocycles. The van der Waals surface area contributed by atoms with Gasteiger partial charge in [-0.2, -0.15) is 0 Å². The lowest BCUT2D eigenvalue weighted by molar-refractivity contribution is 0.0945. The van der Waals surface area contributed by atoms with Crippen molar-refractivity contribution in [1.82, 2.24) is 0 Å². The van der Waals surface area contributed by atoms with E-state index in [1.807, 2.05) is 42.5 Å². The molecule has 0 amide bonds. The molecular weight excluding hydrogens is 302 g/mol. The average Bonchev–Trinajstić information content (AvgIpc) is 2.61. The van der Waals surface area contributed by atoms with Gasteiger partial charge in [-0.05, 0) is 35.7 Å². The van der Waals surface area contributed by atoms with Crippen LogP contribution in [-0.2, 0) is 11.3 Å². The number of anilines is 1. The topological polar surface area (TPSA) is 68.9 Å². The monoisotopic (exact) mass is 327 g/mol. The van der Waals surface area contributed by atoms with Crippen molar-refractivity contribution in [1.29, 1.82) is 0 Å². The third-order valence-corrected chi connectivity index (χ3v) is 3.45. The molecule has 128 valence electrons. The second kappa shape index (κ2) is 9.57. The minimum atomic E-state index is 0.296. The molecule has 0 bridgehead atoms. The maximum Gasteiger partial charge on any atom is 0.193 e. The van der Waals surface area contributed by atoms with Gasteiger partial charge in [0.15, 0.2) is 5.96 Å². The lowest BCUT2D eigenvalue weighted by atomic mass is 10.2. The van der Waals surface area contributed by atoms with Crippen LogP contribution in [0.5, 0.6) is 5.75 Å². The molecule has 0 saturated carbocycles. The molecule has 0 saturated heterocycles. The molecule has 1 atom stereocenters. The van der Waals surface area contributed by atoms with Crippen molar-refractivity contribution in [2.75, 3.05) is 25.6 Å². The first kappa shape index (κ1) is 17.8. The Hall–Kier alpha value is -2.53. The fourth-order valence-corrected chi connectivity index (χ4v) is 2.12. The van der Waals surface area contributed by atoms with Crippen LogP contribution in [0.2, 0.25) is 0 Å². The van der Waals surface area contributed by atoms with Crippen LogP contribution < -0.4 is 15.8 Å². The number of guanidine groups is 1. The fraction of sp³-hybridized carbons (Fsp3) is 0.316. The van der Waals surface area contributed by atoms with Crippen molar-refractivity contribution in [3.63, 3.8) is 0 Å². The van der Waals surface area contributed by atoms with Crippen molar-refractivity contribution >= 4 is 11.6 Å². The van der Waals surface area contributed by atoms with E-state index in [4.69, 9.17) is 15.2 Å². The summed E-state index contributed by atoms with van der Waals surface area (Å²) in [5.74, 6) is 1.50. The largest absolute Gasteiger partial charge is 0.497 e. The summed E-state index contributed by atoms with van der Waals surface area (Å²) < 4.78 is 10.8. The van der Waals surface area contributed by atoms with Gasteiger partial charge in [0.1, 0.15) is 5.75 Å². The lowest BCUT2D eigenvalue weighted by Crippen LogP contribution is -2.24. The first-order valence-electron chi connectivity index (χ1n) is 8.00. The minimum Gasteiger partial charge on any atom is -0.497 e. The van der Waals surface area contributed by atoms with Crippen molar-refractivity contribution in [2.45, 2.75) is 13.5 Å². The predicted octanol–water partition coefficient (Wildman–Crippen LogP) is 3.27. The highest BCUT2D eigenvalue weighted by atomic mass is 16.5. The van der Waals surface area contributed by atoms with Crippen molar-refractivity contribution in [3.8, 4) is 5.75 Å². The average molecular weight is 327 g/mol. The number of nitrogens with two attached hydrogens (primary N) is 1. The Morgan fingerprint density at radius 2 is 1.83 bits per heavy atom. The molecule has 0 aliphatic heterocycles. The Balaban J connectivity index is 1.70.